The normalized spacial score (nSPS) is 26.4. The lowest BCUT2D eigenvalue weighted by Crippen LogP contribution is -2.12. The van der Waals surface area contributed by atoms with Crippen LogP contribution in [0.2, 0.25) is 0 Å². The van der Waals surface area contributed by atoms with Crippen LogP contribution in [0.4, 0.5) is 0 Å². The Kier molecular flexibility index (Phi) is 4.37. The molecule has 0 radical (unpaired) electrons. The first-order valence-corrected chi connectivity index (χ1v) is 7.96. The molecule has 1 aromatic carbocycles. The van der Waals surface area contributed by atoms with Crippen LogP contribution in [0.1, 0.15) is 41.6 Å². The summed E-state index contributed by atoms with van der Waals surface area (Å²) in [6.45, 7) is 0.309. The predicted molar refractivity (Wildman–Crippen MR) is 83.4 cm³/mol. The van der Waals surface area contributed by atoms with Crippen molar-refractivity contribution < 1.29 is 24.5 Å². The third-order valence-corrected chi connectivity index (χ3v) is 4.55. The molecule has 2 atom stereocenters. The highest BCUT2D eigenvalue weighted by Gasteiger charge is 2.35. The molecule has 1 aromatic rings. The third-order valence-electron chi connectivity index (χ3n) is 4.55. The Bertz CT molecular complexity index is 662. The Morgan fingerprint density at radius 2 is 1.87 bits per heavy atom. The van der Waals surface area contributed by atoms with Crippen molar-refractivity contribution in [3.8, 4) is 11.5 Å². The van der Waals surface area contributed by atoms with Gasteiger partial charge in [-0.15, -0.1) is 0 Å². The number of hydrogen-bond donors (Lipinski definition) is 2. The minimum atomic E-state index is -0.650. The molecule has 122 valence electrons. The Hall–Kier alpha value is -2.30. The summed E-state index contributed by atoms with van der Waals surface area (Å²) in [5, 5.41) is 19.6. The van der Waals surface area contributed by atoms with Gasteiger partial charge < -0.3 is 14.9 Å². The van der Waals surface area contributed by atoms with Gasteiger partial charge in [0.25, 0.3) is 0 Å². The highest BCUT2D eigenvalue weighted by atomic mass is 16.5. The van der Waals surface area contributed by atoms with Gasteiger partial charge in [0.2, 0.25) is 0 Å². The minimum Gasteiger partial charge on any atom is -0.508 e. The van der Waals surface area contributed by atoms with Crippen LogP contribution < -0.4 is 0 Å². The fourth-order valence-electron chi connectivity index (χ4n) is 3.21. The van der Waals surface area contributed by atoms with Crippen molar-refractivity contribution in [2.45, 2.75) is 32.1 Å². The van der Waals surface area contributed by atoms with Crippen molar-refractivity contribution in [1.29, 1.82) is 0 Å². The first-order chi connectivity index (χ1) is 11.0. The third kappa shape index (κ3) is 3.73. The molecule has 3 rings (SSSR count). The Balaban J connectivity index is 1.88. The van der Waals surface area contributed by atoms with Crippen molar-refractivity contribution in [3.63, 3.8) is 0 Å². The van der Waals surface area contributed by atoms with E-state index in [9.17, 15) is 19.8 Å². The van der Waals surface area contributed by atoms with Gasteiger partial charge in [-0.05, 0) is 55.2 Å². The smallest absolute Gasteiger partial charge is 0.342 e. The largest absolute Gasteiger partial charge is 0.508 e. The number of rotatable bonds is 0. The summed E-state index contributed by atoms with van der Waals surface area (Å²) in [6, 6.07) is 2.41. The van der Waals surface area contributed by atoms with E-state index in [0.717, 1.165) is 31.7 Å². The molecule has 1 aliphatic heterocycles. The number of allylic oxidation sites excluding steroid dienone is 2. The van der Waals surface area contributed by atoms with Gasteiger partial charge >= 0.3 is 5.97 Å². The maximum Gasteiger partial charge on any atom is 0.342 e. The standard InChI is InChI=1S/C18H20O5/c19-14-4-2-1-3-11-7-12(11)5-6-23-18(22)17-13(8-14)9-15(20)10-16(17)21/h2,4,9-12,20-21H,1,3,5-8H2/b4-2+/t11-,12-/m1/s1. The molecule has 5 nitrogen and oxygen atoms in total. The number of phenolic OH excluding ortho intramolecular Hbond substituents is 2. The Labute approximate surface area is 134 Å². The molecule has 0 bridgehead atoms. The highest BCUT2D eigenvalue weighted by Crippen LogP contribution is 2.44. The molecule has 0 unspecified atom stereocenters. The van der Waals surface area contributed by atoms with Crippen LogP contribution in [0.25, 0.3) is 0 Å². The number of esters is 1. The molecule has 1 aliphatic carbocycles. The van der Waals surface area contributed by atoms with Crippen molar-refractivity contribution in [2.24, 2.45) is 11.8 Å². The van der Waals surface area contributed by atoms with E-state index in [1.165, 1.54) is 12.1 Å². The van der Waals surface area contributed by atoms with Crippen molar-refractivity contribution in [2.75, 3.05) is 6.61 Å². The SMILES string of the molecule is O=C1/C=C/CC[C@@H]2C[C@H]2CCOC(=O)c2c(O)cc(O)cc2C1. The van der Waals surface area contributed by atoms with Gasteiger partial charge in [0.15, 0.2) is 5.78 Å². The topological polar surface area (TPSA) is 83.8 Å². The van der Waals surface area contributed by atoms with E-state index >= 15 is 0 Å². The van der Waals surface area contributed by atoms with Crippen LogP contribution in [-0.2, 0) is 16.0 Å². The number of benzene rings is 1. The predicted octanol–water partition coefficient (Wildman–Crippen LogP) is 2.74. The minimum absolute atomic E-state index is 0.0334. The van der Waals surface area contributed by atoms with Gasteiger partial charge in [0.05, 0.1) is 6.61 Å². The number of hydrogen-bond acceptors (Lipinski definition) is 5. The molecule has 2 N–H and O–H groups in total. The summed E-state index contributed by atoms with van der Waals surface area (Å²) in [4.78, 5) is 24.3. The van der Waals surface area contributed by atoms with E-state index in [0.29, 0.717) is 18.4 Å². The van der Waals surface area contributed by atoms with Gasteiger partial charge in [-0.25, -0.2) is 4.79 Å². The zero-order valence-corrected chi connectivity index (χ0v) is 12.8. The summed E-state index contributed by atoms with van der Waals surface area (Å²) in [5.41, 5.74) is 0.248. The van der Waals surface area contributed by atoms with E-state index < -0.39 is 5.97 Å². The fourth-order valence-corrected chi connectivity index (χ4v) is 3.21. The molecular formula is C18H20O5. The van der Waals surface area contributed by atoms with Gasteiger partial charge in [-0.3, -0.25) is 4.79 Å². The molecule has 23 heavy (non-hydrogen) atoms. The second-order valence-corrected chi connectivity index (χ2v) is 6.30. The molecule has 0 saturated heterocycles. The summed E-state index contributed by atoms with van der Waals surface area (Å²) in [5.74, 6) is -0.125. The quantitative estimate of drug-likeness (QED) is 0.719. The lowest BCUT2D eigenvalue weighted by atomic mass is 10.00. The zero-order valence-electron chi connectivity index (χ0n) is 12.8. The van der Waals surface area contributed by atoms with E-state index in [1.807, 2.05) is 6.08 Å². The van der Waals surface area contributed by atoms with Gasteiger partial charge in [0, 0.05) is 12.5 Å². The van der Waals surface area contributed by atoms with Gasteiger partial charge in [-0.1, -0.05) is 6.08 Å². The van der Waals surface area contributed by atoms with E-state index in [2.05, 4.69) is 0 Å². The van der Waals surface area contributed by atoms with Crippen LogP contribution in [-0.4, -0.2) is 28.6 Å². The lowest BCUT2D eigenvalue weighted by Gasteiger charge is -2.12. The van der Waals surface area contributed by atoms with E-state index in [1.54, 1.807) is 0 Å². The van der Waals surface area contributed by atoms with Crippen LogP contribution in [0.5, 0.6) is 11.5 Å². The van der Waals surface area contributed by atoms with Crippen LogP contribution in [0, 0.1) is 11.8 Å². The maximum atomic E-state index is 12.2. The number of carbonyl (C=O) groups is 2. The number of phenols is 2. The maximum absolute atomic E-state index is 12.2. The molecule has 5 heteroatoms. The molecule has 1 saturated carbocycles. The monoisotopic (exact) mass is 316 g/mol. The summed E-state index contributed by atoms with van der Waals surface area (Å²) >= 11 is 0. The van der Waals surface area contributed by atoms with Crippen molar-refractivity contribution in [1.82, 2.24) is 0 Å². The van der Waals surface area contributed by atoms with Crippen molar-refractivity contribution >= 4 is 11.8 Å². The average molecular weight is 316 g/mol. The molecule has 0 spiro atoms. The van der Waals surface area contributed by atoms with Crippen molar-refractivity contribution in [3.05, 3.63) is 35.4 Å². The highest BCUT2D eigenvalue weighted by molar-refractivity contribution is 5.98. The second-order valence-electron chi connectivity index (χ2n) is 6.30. The summed E-state index contributed by atoms with van der Waals surface area (Å²) < 4.78 is 5.26. The number of aromatic hydroxyl groups is 2. The molecule has 1 heterocycles. The molecule has 0 amide bonds. The number of carbonyl (C=O) groups excluding carboxylic acids is 2. The van der Waals surface area contributed by atoms with Crippen LogP contribution in [0.15, 0.2) is 24.3 Å². The molecule has 1 fully saturated rings. The van der Waals surface area contributed by atoms with Gasteiger partial charge in [-0.2, -0.15) is 0 Å². The molecule has 2 aliphatic rings. The molecule has 0 aromatic heterocycles. The first-order valence-electron chi connectivity index (χ1n) is 7.96. The fraction of sp³-hybridized carbons (Fsp3) is 0.444. The zero-order chi connectivity index (χ0) is 16.4. The lowest BCUT2D eigenvalue weighted by molar-refractivity contribution is -0.114. The Morgan fingerprint density at radius 1 is 1.09 bits per heavy atom. The Morgan fingerprint density at radius 3 is 2.70 bits per heavy atom. The number of ether oxygens (including phenoxy) is 1. The van der Waals surface area contributed by atoms with Crippen LogP contribution >= 0.6 is 0 Å². The average Bonchev–Trinajstić information content (AvgIpc) is 3.20. The second kappa shape index (κ2) is 6.44. The molecular weight excluding hydrogens is 296 g/mol. The summed E-state index contributed by atoms with van der Waals surface area (Å²) in [7, 11) is 0. The van der Waals surface area contributed by atoms with Crippen LogP contribution in [0.3, 0.4) is 0 Å². The summed E-state index contributed by atoms with van der Waals surface area (Å²) in [6.07, 6.45) is 7.21. The van der Waals surface area contributed by atoms with Gasteiger partial charge in [0.1, 0.15) is 17.1 Å². The number of cyclic esters (lactones) is 1. The number of ketones is 1. The number of fused-ring (bicyclic) bond motifs is 2. The first kappa shape index (κ1) is 15.6. The van der Waals surface area contributed by atoms with E-state index in [-0.39, 0.29) is 34.8 Å². The van der Waals surface area contributed by atoms with E-state index in [4.69, 9.17) is 4.74 Å².